The molecular weight excluding hydrogens is 404 g/mol. The van der Waals surface area contributed by atoms with Crippen molar-refractivity contribution in [1.82, 2.24) is 4.31 Å². The Morgan fingerprint density at radius 3 is 2.50 bits per heavy atom. The minimum Gasteiger partial charge on any atom is -0.388 e. The number of nitro groups is 1. The SMILES string of the molecule is O=[N+]([O-])c1cc(S(=O)(=O)N2CCOCC2)ccc1SC[C@@H](O)c1ccccc1. The van der Waals surface area contributed by atoms with E-state index >= 15 is 0 Å². The summed E-state index contributed by atoms with van der Waals surface area (Å²) in [6.07, 6.45) is -0.789. The van der Waals surface area contributed by atoms with E-state index < -0.39 is 21.1 Å². The Kier molecular flexibility index (Phi) is 6.68. The fraction of sp³-hybridized carbons (Fsp3) is 0.333. The predicted molar refractivity (Wildman–Crippen MR) is 105 cm³/mol. The second-order valence-electron chi connectivity index (χ2n) is 6.14. The highest BCUT2D eigenvalue weighted by molar-refractivity contribution is 7.99. The highest BCUT2D eigenvalue weighted by Crippen LogP contribution is 2.34. The van der Waals surface area contributed by atoms with Gasteiger partial charge in [-0.1, -0.05) is 30.3 Å². The van der Waals surface area contributed by atoms with Crippen molar-refractivity contribution in [1.29, 1.82) is 0 Å². The van der Waals surface area contributed by atoms with Gasteiger partial charge in [0.25, 0.3) is 5.69 Å². The summed E-state index contributed by atoms with van der Waals surface area (Å²) in [6, 6.07) is 12.9. The van der Waals surface area contributed by atoms with Crippen LogP contribution in [0.15, 0.2) is 58.3 Å². The van der Waals surface area contributed by atoms with Gasteiger partial charge in [0, 0.05) is 24.9 Å². The number of morpholine rings is 1. The molecule has 0 radical (unpaired) electrons. The molecule has 150 valence electrons. The molecule has 0 aliphatic carbocycles. The molecule has 1 saturated heterocycles. The molecule has 0 bridgehead atoms. The zero-order valence-electron chi connectivity index (χ0n) is 14.9. The molecule has 1 aliphatic rings. The molecule has 10 heteroatoms. The van der Waals surface area contributed by atoms with E-state index in [-0.39, 0.29) is 29.4 Å². The molecule has 0 unspecified atom stereocenters. The molecule has 1 heterocycles. The lowest BCUT2D eigenvalue weighted by molar-refractivity contribution is -0.388. The van der Waals surface area contributed by atoms with Crippen molar-refractivity contribution in [2.45, 2.75) is 15.9 Å². The molecule has 1 aliphatic heterocycles. The molecule has 0 spiro atoms. The summed E-state index contributed by atoms with van der Waals surface area (Å²) in [6.45, 7) is 1.03. The van der Waals surface area contributed by atoms with E-state index in [1.165, 1.54) is 16.4 Å². The first-order valence-corrected chi connectivity index (χ1v) is 11.0. The fourth-order valence-electron chi connectivity index (χ4n) is 2.80. The van der Waals surface area contributed by atoms with Crippen LogP contribution >= 0.6 is 11.8 Å². The molecule has 28 heavy (non-hydrogen) atoms. The maximum absolute atomic E-state index is 12.7. The molecule has 1 N–H and O–H groups in total. The Hall–Kier alpha value is -1.98. The maximum atomic E-state index is 12.7. The van der Waals surface area contributed by atoms with Crippen LogP contribution in [0.3, 0.4) is 0 Å². The second kappa shape index (κ2) is 9.01. The van der Waals surface area contributed by atoms with Crippen molar-refractivity contribution in [2.75, 3.05) is 32.1 Å². The van der Waals surface area contributed by atoms with Crippen LogP contribution in [0.1, 0.15) is 11.7 Å². The summed E-state index contributed by atoms with van der Waals surface area (Å²) in [5.74, 6) is 0.209. The largest absolute Gasteiger partial charge is 0.388 e. The summed E-state index contributed by atoms with van der Waals surface area (Å²) in [4.78, 5) is 11.1. The van der Waals surface area contributed by atoms with Crippen LogP contribution in [0.2, 0.25) is 0 Å². The van der Waals surface area contributed by atoms with Crippen molar-refractivity contribution in [2.24, 2.45) is 0 Å². The van der Waals surface area contributed by atoms with Gasteiger partial charge < -0.3 is 9.84 Å². The van der Waals surface area contributed by atoms with Gasteiger partial charge in [-0.25, -0.2) is 8.42 Å². The summed E-state index contributed by atoms with van der Waals surface area (Å²) in [5.41, 5.74) is 0.420. The van der Waals surface area contributed by atoms with Crippen molar-refractivity contribution in [3.05, 3.63) is 64.2 Å². The van der Waals surface area contributed by atoms with Gasteiger partial charge in [0.1, 0.15) is 0 Å². The minimum atomic E-state index is -3.82. The minimum absolute atomic E-state index is 0.117. The van der Waals surface area contributed by atoms with Crippen molar-refractivity contribution >= 4 is 27.5 Å². The van der Waals surface area contributed by atoms with E-state index in [1.807, 2.05) is 6.07 Å². The standard InChI is InChI=1S/C18H20N2O6S2/c21-17(14-4-2-1-3-5-14)13-27-18-7-6-15(12-16(18)20(22)23)28(24,25)19-8-10-26-11-9-19/h1-7,12,17,21H,8-11,13H2/t17-/m1/s1. The van der Waals surface area contributed by atoms with Crippen LogP contribution in [-0.4, -0.2) is 54.8 Å². The van der Waals surface area contributed by atoms with E-state index in [2.05, 4.69) is 0 Å². The van der Waals surface area contributed by atoms with Crippen LogP contribution in [0.25, 0.3) is 0 Å². The van der Waals surface area contributed by atoms with Gasteiger partial charge in [-0.05, 0) is 17.7 Å². The number of aliphatic hydroxyl groups is 1. The van der Waals surface area contributed by atoms with Gasteiger partial charge in [0.05, 0.1) is 34.0 Å². The van der Waals surface area contributed by atoms with Gasteiger partial charge in [-0.3, -0.25) is 10.1 Å². The smallest absolute Gasteiger partial charge is 0.284 e. The van der Waals surface area contributed by atoms with E-state index in [9.17, 15) is 23.6 Å². The van der Waals surface area contributed by atoms with Crippen molar-refractivity contribution in [3.8, 4) is 0 Å². The number of nitrogens with zero attached hydrogens (tertiary/aromatic N) is 2. The number of aliphatic hydroxyl groups excluding tert-OH is 1. The first kappa shape index (κ1) is 20.7. The number of thioether (sulfide) groups is 1. The number of hydrogen-bond acceptors (Lipinski definition) is 7. The first-order chi connectivity index (χ1) is 13.4. The molecular formula is C18H20N2O6S2. The summed E-state index contributed by atoms with van der Waals surface area (Å²) in [7, 11) is -3.82. The van der Waals surface area contributed by atoms with Crippen LogP contribution in [0.5, 0.6) is 0 Å². The van der Waals surface area contributed by atoms with Gasteiger partial charge in [-0.2, -0.15) is 4.31 Å². The van der Waals surface area contributed by atoms with Crippen molar-refractivity contribution < 1.29 is 23.2 Å². The van der Waals surface area contributed by atoms with E-state index in [0.29, 0.717) is 23.7 Å². The Bertz CT molecular complexity index is 930. The molecule has 8 nitrogen and oxygen atoms in total. The average molecular weight is 425 g/mol. The Morgan fingerprint density at radius 2 is 1.86 bits per heavy atom. The second-order valence-corrected chi connectivity index (χ2v) is 9.14. The quantitative estimate of drug-likeness (QED) is 0.413. The van der Waals surface area contributed by atoms with Gasteiger partial charge in [0.2, 0.25) is 10.0 Å². The highest BCUT2D eigenvalue weighted by Gasteiger charge is 2.29. The molecule has 3 rings (SSSR count). The lowest BCUT2D eigenvalue weighted by atomic mass is 10.1. The molecule has 0 saturated carbocycles. The molecule has 0 aromatic heterocycles. The Morgan fingerprint density at radius 1 is 1.18 bits per heavy atom. The Balaban J connectivity index is 1.80. The van der Waals surface area contributed by atoms with Crippen molar-refractivity contribution in [3.63, 3.8) is 0 Å². The van der Waals surface area contributed by atoms with Crippen LogP contribution in [0.4, 0.5) is 5.69 Å². The Labute approximate surface area is 167 Å². The number of benzene rings is 2. The number of sulfonamides is 1. The molecule has 1 fully saturated rings. The van der Waals surface area contributed by atoms with Gasteiger partial charge >= 0.3 is 0 Å². The van der Waals surface area contributed by atoms with Crippen LogP contribution in [0, 0.1) is 10.1 Å². The normalized spacial score (nSPS) is 16.6. The topological polar surface area (TPSA) is 110 Å². The zero-order chi connectivity index (χ0) is 20.1. The number of hydrogen-bond donors (Lipinski definition) is 1. The van der Waals surface area contributed by atoms with Crippen LogP contribution < -0.4 is 0 Å². The third kappa shape index (κ3) is 4.70. The highest BCUT2D eigenvalue weighted by atomic mass is 32.2. The third-order valence-corrected chi connectivity index (χ3v) is 7.35. The van der Waals surface area contributed by atoms with E-state index in [1.54, 1.807) is 24.3 Å². The lowest BCUT2D eigenvalue weighted by Crippen LogP contribution is -2.40. The third-order valence-electron chi connectivity index (χ3n) is 4.32. The zero-order valence-corrected chi connectivity index (χ0v) is 16.6. The van der Waals surface area contributed by atoms with Crippen LogP contribution in [-0.2, 0) is 14.8 Å². The number of ether oxygens (including phenoxy) is 1. The monoisotopic (exact) mass is 424 g/mol. The van der Waals surface area contributed by atoms with E-state index in [0.717, 1.165) is 17.8 Å². The predicted octanol–water partition coefficient (Wildman–Crippen LogP) is 2.44. The van der Waals surface area contributed by atoms with E-state index in [4.69, 9.17) is 4.74 Å². The van der Waals surface area contributed by atoms with Gasteiger partial charge in [-0.15, -0.1) is 11.8 Å². The maximum Gasteiger partial charge on any atom is 0.284 e. The first-order valence-electron chi connectivity index (χ1n) is 8.62. The van der Waals surface area contributed by atoms with Gasteiger partial charge in [0.15, 0.2) is 0 Å². The summed E-state index contributed by atoms with van der Waals surface area (Å²) in [5, 5.41) is 21.8. The number of rotatable bonds is 7. The lowest BCUT2D eigenvalue weighted by Gasteiger charge is -2.26. The molecule has 1 atom stereocenters. The molecule has 2 aromatic rings. The number of nitro benzene ring substituents is 1. The summed E-state index contributed by atoms with van der Waals surface area (Å²) >= 11 is 1.11. The summed E-state index contributed by atoms with van der Waals surface area (Å²) < 4.78 is 31.9. The average Bonchev–Trinajstić information content (AvgIpc) is 2.73. The molecule has 2 aromatic carbocycles. The molecule has 0 amide bonds. The fourth-order valence-corrected chi connectivity index (χ4v) is 5.20.